The Morgan fingerprint density at radius 3 is 2.81 bits per heavy atom. The van der Waals surface area contributed by atoms with Gasteiger partial charge in [0, 0.05) is 6.07 Å². The van der Waals surface area contributed by atoms with Crippen molar-refractivity contribution in [3.05, 3.63) is 29.3 Å². The smallest absolute Gasteiger partial charge is 0.266 e. The zero-order valence-electron chi connectivity index (χ0n) is 12.1. The number of anilines is 1. The summed E-state index contributed by atoms with van der Waals surface area (Å²) in [5.41, 5.74) is 0. The lowest BCUT2D eigenvalue weighted by molar-refractivity contribution is -0.122. The van der Waals surface area contributed by atoms with E-state index in [-0.39, 0.29) is 5.91 Å². The molecular formula is C14H17N3O3S. The summed E-state index contributed by atoms with van der Waals surface area (Å²) in [5, 5.41) is 11.9. The topological polar surface area (TPSA) is 73.3 Å². The Hall–Kier alpha value is -2.15. The number of carbonyl (C=O) groups excluding carboxylic acids is 1. The first-order valence-electron chi connectivity index (χ1n) is 6.56. The Balaban J connectivity index is 1.95. The summed E-state index contributed by atoms with van der Waals surface area (Å²) in [5.74, 6) is 0.983. The van der Waals surface area contributed by atoms with Crippen LogP contribution in [-0.2, 0) is 11.2 Å². The quantitative estimate of drug-likeness (QED) is 0.887. The molecule has 0 aliphatic carbocycles. The number of amides is 1. The SMILES string of the molecule is CCc1nnc(NC(=O)C(C)Oc2cccc(OC)c2)s1. The van der Waals surface area contributed by atoms with E-state index in [2.05, 4.69) is 15.5 Å². The van der Waals surface area contributed by atoms with Gasteiger partial charge in [-0.25, -0.2) is 0 Å². The maximum atomic E-state index is 12.0. The van der Waals surface area contributed by atoms with Crippen LogP contribution in [0.15, 0.2) is 24.3 Å². The Bertz CT molecular complexity index is 615. The normalized spacial score (nSPS) is 11.8. The molecule has 1 unspecified atom stereocenters. The van der Waals surface area contributed by atoms with Gasteiger partial charge in [-0.2, -0.15) is 0 Å². The zero-order valence-corrected chi connectivity index (χ0v) is 12.9. The van der Waals surface area contributed by atoms with E-state index in [1.807, 2.05) is 13.0 Å². The van der Waals surface area contributed by atoms with Crippen LogP contribution in [0.25, 0.3) is 0 Å². The van der Waals surface area contributed by atoms with Crippen molar-refractivity contribution in [1.29, 1.82) is 0 Å². The molecule has 1 atom stereocenters. The highest BCUT2D eigenvalue weighted by Gasteiger charge is 2.17. The summed E-state index contributed by atoms with van der Waals surface area (Å²) in [4.78, 5) is 12.0. The molecule has 112 valence electrons. The Morgan fingerprint density at radius 2 is 2.14 bits per heavy atom. The van der Waals surface area contributed by atoms with E-state index < -0.39 is 6.10 Å². The van der Waals surface area contributed by atoms with E-state index >= 15 is 0 Å². The molecule has 0 aliphatic heterocycles. The molecule has 2 rings (SSSR count). The first kappa shape index (κ1) is 15.2. The number of aryl methyl sites for hydroxylation is 1. The molecule has 1 aromatic heterocycles. The van der Waals surface area contributed by atoms with E-state index in [0.717, 1.165) is 11.4 Å². The summed E-state index contributed by atoms with van der Waals surface area (Å²) in [7, 11) is 1.58. The van der Waals surface area contributed by atoms with Crippen LogP contribution in [0, 0.1) is 0 Å². The average molecular weight is 307 g/mol. The van der Waals surface area contributed by atoms with Gasteiger partial charge in [0.1, 0.15) is 16.5 Å². The maximum Gasteiger partial charge on any atom is 0.266 e. The average Bonchev–Trinajstić information content (AvgIpc) is 2.95. The number of hydrogen-bond donors (Lipinski definition) is 1. The summed E-state index contributed by atoms with van der Waals surface area (Å²) >= 11 is 1.36. The van der Waals surface area contributed by atoms with Gasteiger partial charge in [0.25, 0.3) is 5.91 Å². The van der Waals surface area contributed by atoms with E-state index in [9.17, 15) is 4.79 Å². The van der Waals surface area contributed by atoms with Crippen LogP contribution in [0.5, 0.6) is 11.5 Å². The van der Waals surface area contributed by atoms with Gasteiger partial charge in [-0.1, -0.05) is 24.3 Å². The highest BCUT2D eigenvalue weighted by atomic mass is 32.1. The number of ether oxygens (including phenoxy) is 2. The number of rotatable bonds is 6. The molecule has 1 N–H and O–H groups in total. The monoisotopic (exact) mass is 307 g/mol. The Kier molecular flexibility index (Phi) is 5.10. The minimum Gasteiger partial charge on any atom is -0.497 e. The third-order valence-electron chi connectivity index (χ3n) is 2.72. The van der Waals surface area contributed by atoms with Gasteiger partial charge in [0.15, 0.2) is 6.10 Å². The number of methoxy groups -OCH3 is 1. The molecule has 0 fully saturated rings. The molecule has 0 saturated heterocycles. The lowest BCUT2D eigenvalue weighted by Gasteiger charge is -2.14. The van der Waals surface area contributed by atoms with Gasteiger partial charge in [-0.3, -0.25) is 10.1 Å². The molecule has 1 heterocycles. The molecule has 0 aliphatic rings. The minimum absolute atomic E-state index is 0.267. The minimum atomic E-state index is -0.647. The van der Waals surface area contributed by atoms with Crippen LogP contribution in [0.1, 0.15) is 18.9 Å². The number of aromatic nitrogens is 2. The molecule has 6 nitrogen and oxygen atoms in total. The molecule has 0 radical (unpaired) electrons. The van der Waals surface area contributed by atoms with Crippen molar-refractivity contribution in [3.63, 3.8) is 0 Å². The number of carbonyl (C=O) groups is 1. The lowest BCUT2D eigenvalue weighted by atomic mass is 10.3. The van der Waals surface area contributed by atoms with Gasteiger partial charge >= 0.3 is 0 Å². The van der Waals surface area contributed by atoms with Gasteiger partial charge in [-0.15, -0.1) is 10.2 Å². The fourth-order valence-electron chi connectivity index (χ4n) is 1.59. The van der Waals surface area contributed by atoms with E-state index in [1.165, 1.54) is 11.3 Å². The van der Waals surface area contributed by atoms with E-state index in [4.69, 9.17) is 9.47 Å². The number of benzene rings is 1. The fourth-order valence-corrected chi connectivity index (χ4v) is 2.27. The van der Waals surface area contributed by atoms with Gasteiger partial charge < -0.3 is 9.47 Å². The van der Waals surface area contributed by atoms with Crippen molar-refractivity contribution in [2.75, 3.05) is 12.4 Å². The van der Waals surface area contributed by atoms with Gasteiger partial charge in [0.05, 0.1) is 7.11 Å². The van der Waals surface area contributed by atoms with Crippen LogP contribution in [0.3, 0.4) is 0 Å². The second-order valence-corrected chi connectivity index (χ2v) is 5.34. The zero-order chi connectivity index (χ0) is 15.2. The Morgan fingerprint density at radius 1 is 1.38 bits per heavy atom. The lowest BCUT2D eigenvalue weighted by Crippen LogP contribution is -2.30. The van der Waals surface area contributed by atoms with E-state index in [1.54, 1.807) is 32.2 Å². The molecule has 7 heteroatoms. The summed E-state index contributed by atoms with van der Waals surface area (Å²) < 4.78 is 10.7. The van der Waals surface area contributed by atoms with Crippen molar-refractivity contribution < 1.29 is 14.3 Å². The number of hydrogen-bond acceptors (Lipinski definition) is 6. The molecule has 0 spiro atoms. The van der Waals surface area contributed by atoms with Crippen LogP contribution < -0.4 is 14.8 Å². The largest absolute Gasteiger partial charge is 0.497 e. The van der Waals surface area contributed by atoms with Crippen molar-refractivity contribution in [1.82, 2.24) is 10.2 Å². The number of nitrogens with zero attached hydrogens (tertiary/aromatic N) is 2. The standard InChI is InChI=1S/C14H17N3O3S/c1-4-12-16-17-14(21-12)15-13(18)9(2)20-11-7-5-6-10(8-11)19-3/h5-9H,4H2,1-3H3,(H,15,17,18). The second kappa shape index (κ2) is 7.03. The van der Waals surface area contributed by atoms with Crippen molar-refractivity contribution >= 4 is 22.4 Å². The summed E-state index contributed by atoms with van der Waals surface area (Å²) in [6, 6.07) is 7.11. The summed E-state index contributed by atoms with van der Waals surface area (Å²) in [6.07, 6.45) is 0.148. The third kappa shape index (κ3) is 4.16. The predicted octanol–water partition coefficient (Wildman–Crippen LogP) is 2.52. The highest BCUT2D eigenvalue weighted by molar-refractivity contribution is 7.15. The molecule has 2 aromatic rings. The molecular weight excluding hydrogens is 290 g/mol. The fraction of sp³-hybridized carbons (Fsp3) is 0.357. The maximum absolute atomic E-state index is 12.0. The van der Waals surface area contributed by atoms with Crippen LogP contribution in [0.2, 0.25) is 0 Å². The molecule has 21 heavy (non-hydrogen) atoms. The van der Waals surface area contributed by atoms with Crippen LogP contribution >= 0.6 is 11.3 Å². The summed E-state index contributed by atoms with van der Waals surface area (Å²) in [6.45, 7) is 3.66. The third-order valence-corrected chi connectivity index (χ3v) is 3.71. The van der Waals surface area contributed by atoms with Crippen LogP contribution in [0.4, 0.5) is 5.13 Å². The van der Waals surface area contributed by atoms with Gasteiger partial charge in [-0.05, 0) is 25.5 Å². The van der Waals surface area contributed by atoms with E-state index in [0.29, 0.717) is 16.6 Å². The molecule has 0 saturated carbocycles. The molecule has 1 aromatic carbocycles. The molecule has 1 amide bonds. The van der Waals surface area contributed by atoms with Crippen LogP contribution in [-0.4, -0.2) is 29.3 Å². The number of nitrogens with one attached hydrogen (secondary N) is 1. The highest BCUT2D eigenvalue weighted by Crippen LogP contribution is 2.21. The molecule has 0 bridgehead atoms. The van der Waals surface area contributed by atoms with Crippen molar-refractivity contribution in [2.45, 2.75) is 26.4 Å². The second-order valence-electron chi connectivity index (χ2n) is 4.28. The van der Waals surface area contributed by atoms with Crippen molar-refractivity contribution in [3.8, 4) is 11.5 Å². The first-order valence-corrected chi connectivity index (χ1v) is 7.38. The van der Waals surface area contributed by atoms with Gasteiger partial charge in [0.2, 0.25) is 5.13 Å². The first-order chi connectivity index (χ1) is 10.1. The predicted molar refractivity (Wildman–Crippen MR) is 81.0 cm³/mol. The Labute approximate surface area is 127 Å². The van der Waals surface area contributed by atoms with Crippen molar-refractivity contribution in [2.24, 2.45) is 0 Å².